The van der Waals surface area contributed by atoms with Gasteiger partial charge in [0.05, 0.1) is 34.8 Å². The Hall–Kier alpha value is -2.54. The van der Waals surface area contributed by atoms with Crippen molar-refractivity contribution in [1.29, 1.82) is 0 Å². The molecule has 5 rings (SSSR count). The number of carbonyl (C=O) groups is 1. The van der Waals surface area contributed by atoms with Crippen molar-refractivity contribution >= 4 is 17.5 Å². The molecule has 4 aliphatic heterocycles. The Kier molecular flexibility index (Phi) is 13.6. The van der Waals surface area contributed by atoms with E-state index in [1.165, 1.54) is 19.2 Å². The van der Waals surface area contributed by atoms with E-state index in [4.69, 9.17) is 23.7 Å². The van der Waals surface area contributed by atoms with Crippen LogP contribution in [0.4, 0.5) is 11.5 Å². The maximum absolute atomic E-state index is 14.2. The Bertz CT molecular complexity index is 1460. The van der Waals surface area contributed by atoms with E-state index in [0.29, 0.717) is 51.1 Å². The fraction of sp³-hybridized carbons (Fsp3) is 0.846. The highest BCUT2D eigenvalue weighted by molar-refractivity contribution is 5.73. The molecular weight excluding hydrogens is 714 g/mol. The van der Waals surface area contributed by atoms with Crippen LogP contribution in [0.5, 0.6) is 0 Å². The summed E-state index contributed by atoms with van der Waals surface area (Å²) in [5.41, 5.74) is -2.90. The molecule has 0 saturated carbocycles. The molecule has 1 spiro atoms. The van der Waals surface area contributed by atoms with Crippen LogP contribution in [-0.4, -0.2) is 142 Å². The van der Waals surface area contributed by atoms with Crippen LogP contribution >= 0.6 is 0 Å². The molecule has 4 fully saturated rings. The van der Waals surface area contributed by atoms with Crippen molar-refractivity contribution < 1.29 is 48.7 Å². The number of rotatable bonds is 6. The van der Waals surface area contributed by atoms with Crippen molar-refractivity contribution in [3.8, 4) is 0 Å². The predicted octanol–water partition coefficient (Wildman–Crippen LogP) is 3.00. The summed E-state index contributed by atoms with van der Waals surface area (Å²) in [6.07, 6.45) is -2.62. The summed E-state index contributed by atoms with van der Waals surface area (Å²) >= 11 is 0. The number of esters is 1. The van der Waals surface area contributed by atoms with Gasteiger partial charge in [0, 0.05) is 50.0 Å². The quantitative estimate of drug-likeness (QED) is 0.187. The summed E-state index contributed by atoms with van der Waals surface area (Å²) in [6, 6.07) is 2.30. The Morgan fingerprint density at radius 3 is 2.38 bits per heavy atom. The summed E-state index contributed by atoms with van der Waals surface area (Å²) in [5.74, 6) is -2.61. The van der Waals surface area contributed by atoms with Crippen molar-refractivity contribution in [3.63, 3.8) is 0 Å². The average Bonchev–Trinajstić information content (AvgIpc) is 3.21. The molecule has 5 heterocycles. The molecule has 4 aliphatic rings. The second-order valence-electron chi connectivity index (χ2n) is 17.3. The number of nitrogens with one attached hydrogen (secondary N) is 1. The molecule has 16 nitrogen and oxygen atoms in total. The number of ether oxygens (including phenoxy) is 5. The van der Waals surface area contributed by atoms with Gasteiger partial charge in [0.25, 0.3) is 5.69 Å². The largest absolute Gasteiger partial charge is 0.459 e. The molecule has 0 aromatic carbocycles. The minimum atomic E-state index is -1.75. The van der Waals surface area contributed by atoms with Gasteiger partial charge in [-0.3, -0.25) is 14.9 Å². The molecule has 14 atom stereocenters. The molecule has 1 aromatic heterocycles. The number of carbonyl (C=O) groups excluding carboxylic acids is 1. The third-order valence-corrected chi connectivity index (χ3v) is 12.5. The Morgan fingerprint density at radius 1 is 1.13 bits per heavy atom. The lowest BCUT2D eigenvalue weighted by Gasteiger charge is -2.49. The highest BCUT2D eigenvalue weighted by atomic mass is 16.7. The Morgan fingerprint density at radius 2 is 1.80 bits per heavy atom. The molecule has 1 aromatic rings. The maximum atomic E-state index is 14.2. The number of pyridine rings is 1. The highest BCUT2D eigenvalue weighted by Crippen LogP contribution is 2.48. The Labute approximate surface area is 325 Å². The standard InChI is InChI=1S/C39H65N5O11/c1-11-29-38(8,48)33(46)26(6)40-20-22(2)19-37(7)34(53-36-31(45)28(42(9)10)18-23(3)51-36)24(4)32(25(5)35(47)52-29)54-39(55-37)14-16-43(17-15-39)30-13-12-27(21-41-30)44(49)50/h12-13,21-26,28-29,31-34,36,40,45-46,48H,11,14-20H2,1-10H3/t22-,23-,24+,25-,26-,28?,29-,31-,32+,33-,34-,36+,37-,38-/m1/s1. The second-order valence-corrected chi connectivity index (χ2v) is 17.3. The van der Waals surface area contributed by atoms with Crippen LogP contribution in [0, 0.1) is 27.9 Å². The van der Waals surface area contributed by atoms with E-state index in [2.05, 4.69) is 17.2 Å². The van der Waals surface area contributed by atoms with Gasteiger partial charge in [-0.25, -0.2) is 4.98 Å². The number of cyclic esters (lactones) is 1. The van der Waals surface area contributed by atoms with Crippen LogP contribution in [0.25, 0.3) is 0 Å². The third-order valence-electron chi connectivity index (χ3n) is 12.5. The maximum Gasteiger partial charge on any atom is 0.311 e. The summed E-state index contributed by atoms with van der Waals surface area (Å²) in [7, 11) is 3.84. The van der Waals surface area contributed by atoms with Gasteiger partial charge in [-0.1, -0.05) is 20.8 Å². The number of piperidine rings is 1. The smallest absolute Gasteiger partial charge is 0.311 e. The van der Waals surface area contributed by atoms with Gasteiger partial charge < -0.3 is 54.1 Å². The zero-order valence-corrected chi connectivity index (χ0v) is 34.2. The van der Waals surface area contributed by atoms with Crippen LogP contribution in [0.1, 0.15) is 87.5 Å². The van der Waals surface area contributed by atoms with Crippen molar-refractivity contribution in [2.45, 2.75) is 159 Å². The minimum absolute atomic E-state index is 0.0473. The number of nitro groups is 1. The SMILES string of the molecule is CC[C@H]1OC(=O)[C@H](C)[C@H]2OC3(CCN(c4ccc([N+](=O)[O-])cn4)CC3)O[C@](C)(C[C@@H](C)CN[C@H](C)[C@@H](O)[C@]1(C)O)[C@H](O[C@@H]1O[C@H](C)CC(N(C)C)[C@H]1O)[C@H]2C. The lowest BCUT2D eigenvalue weighted by Crippen LogP contribution is -2.60. The molecule has 0 radical (unpaired) electrons. The number of fused-ring (bicyclic) bond motifs is 3. The molecule has 4 N–H and O–H groups in total. The fourth-order valence-electron chi connectivity index (χ4n) is 9.30. The van der Waals surface area contributed by atoms with Gasteiger partial charge in [0.2, 0.25) is 0 Å². The average molecular weight is 780 g/mol. The van der Waals surface area contributed by atoms with Gasteiger partial charge in [-0.15, -0.1) is 0 Å². The van der Waals surface area contributed by atoms with Crippen LogP contribution in [-0.2, 0) is 28.5 Å². The number of hydrogen-bond donors (Lipinski definition) is 4. The first kappa shape index (κ1) is 43.6. The first-order valence-corrected chi connectivity index (χ1v) is 19.9. The van der Waals surface area contributed by atoms with E-state index < -0.39 is 82.6 Å². The predicted molar refractivity (Wildman–Crippen MR) is 203 cm³/mol. The van der Waals surface area contributed by atoms with Crippen molar-refractivity contribution in [2.75, 3.05) is 38.6 Å². The Balaban J connectivity index is 1.57. The van der Waals surface area contributed by atoms with Crippen LogP contribution in [0.3, 0.4) is 0 Å². The summed E-state index contributed by atoms with van der Waals surface area (Å²) in [4.78, 5) is 33.4. The number of aromatic nitrogens is 1. The summed E-state index contributed by atoms with van der Waals surface area (Å²) in [5, 5.41) is 49.3. The van der Waals surface area contributed by atoms with E-state index in [1.807, 2.05) is 44.7 Å². The topological polar surface area (TPSA) is 198 Å². The number of nitrogens with zero attached hydrogens (tertiary/aromatic N) is 4. The van der Waals surface area contributed by atoms with Gasteiger partial charge >= 0.3 is 5.97 Å². The molecule has 312 valence electrons. The lowest BCUT2D eigenvalue weighted by atomic mass is 9.78. The fourth-order valence-corrected chi connectivity index (χ4v) is 9.30. The van der Waals surface area contributed by atoms with Crippen molar-refractivity contribution in [2.24, 2.45) is 17.8 Å². The molecule has 2 bridgehead atoms. The molecule has 16 heteroatoms. The van der Waals surface area contributed by atoms with E-state index >= 15 is 0 Å². The first-order valence-electron chi connectivity index (χ1n) is 19.9. The zero-order valence-electron chi connectivity index (χ0n) is 34.2. The molecule has 1 unspecified atom stereocenters. The number of aliphatic hydroxyl groups excluding tert-OH is 2. The van der Waals surface area contributed by atoms with Crippen LogP contribution in [0.15, 0.2) is 18.3 Å². The highest BCUT2D eigenvalue weighted by Gasteiger charge is 2.58. The second kappa shape index (κ2) is 17.1. The molecule has 55 heavy (non-hydrogen) atoms. The van der Waals surface area contributed by atoms with E-state index in [9.17, 15) is 30.2 Å². The number of likely N-dealkylation sites (N-methyl/N-ethyl adjacent to an activating group) is 1. The van der Waals surface area contributed by atoms with Gasteiger partial charge in [-0.2, -0.15) is 0 Å². The number of aliphatic hydroxyl groups is 3. The number of anilines is 1. The zero-order chi connectivity index (χ0) is 40.6. The normalized spacial score (nSPS) is 42.0. The van der Waals surface area contributed by atoms with E-state index in [1.54, 1.807) is 26.8 Å². The molecular formula is C39H65N5O11. The summed E-state index contributed by atoms with van der Waals surface area (Å²) in [6.45, 7) is 16.2. The van der Waals surface area contributed by atoms with Crippen molar-refractivity contribution in [3.05, 3.63) is 28.4 Å². The van der Waals surface area contributed by atoms with Crippen molar-refractivity contribution in [1.82, 2.24) is 15.2 Å². The van der Waals surface area contributed by atoms with Gasteiger partial charge in [-0.05, 0) is 86.5 Å². The summed E-state index contributed by atoms with van der Waals surface area (Å²) < 4.78 is 33.8. The van der Waals surface area contributed by atoms with Crippen LogP contribution < -0.4 is 10.2 Å². The minimum Gasteiger partial charge on any atom is -0.459 e. The molecule has 0 aliphatic carbocycles. The van der Waals surface area contributed by atoms with E-state index in [0.717, 1.165) is 0 Å². The number of hydrogen-bond acceptors (Lipinski definition) is 15. The molecule has 4 saturated heterocycles. The van der Waals surface area contributed by atoms with E-state index in [-0.39, 0.29) is 30.2 Å². The molecule has 0 amide bonds. The monoisotopic (exact) mass is 779 g/mol. The van der Waals surface area contributed by atoms with Gasteiger partial charge in [0.15, 0.2) is 12.1 Å². The lowest BCUT2D eigenvalue weighted by molar-refractivity contribution is -0.385. The van der Waals surface area contributed by atoms with Crippen LogP contribution in [0.2, 0.25) is 0 Å². The first-order chi connectivity index (χ1) is 25.7. The third kappa shape index (κ3) is 9.28. The van der Waals surface area contributed by atoms with Gasteiger partial charge in [0.1, 0.15) is 35.9 Å².